The zero-order valence-corrected chi connectivity index (χ0v) is 17.2. The van der Waals surface area contributed by atoms with E-state index in [4.69, 9.17) is 11.6 Å². The van der Waals surface area contributed by atoms with Gasteiger partial charge in [0.25, 0.3) is 5.91 Å². The van der Waals surface area contributed by atoms with Crippen LogP contribution in [0.15, 0.2) is 60.7 Å². The van der Waals surface area contributed by atoms with Crippen LogP contribution in [0.5, 0.6) is 0 Å². The van der Waals surface area contributed by atoms with Gasteiger partial charge >= 0.3 is 6.18 Å². The molecule has 164 valence electrons. The Balaban J connectivity index is 1.73. The molecule has 4 rings (SSSR count). The number of halogens is 6. The van der Waals surface area contributed by atoms with E-state index in [0.717, 1.165) is 18.2 Å². The molecule has 2 heterocycles. The highest BCUT2D eigenvalue weighted by Crippen LogP contribution is 2.41. The van der Waals surface area contributed by atoms with Gasteiger partial charge < -0.3 is 5.32 Å². The molecule has 1 N–H and O–H groups in total. The van der Waals surface area contributed by atoms with Gasteiger partial charge in [0.1, 0.15) is 5.15 Å². The summed E-state index contributed by atoms with van der Waals surface area (Å²) < 4.78 is 69.7. The van der Waals surface area contributed by atoms with E-state index in [1.54, 1.807) is 19.1 Å². The molecule has 2 aromatic carbocycles. The molecular formula is C23H14ClF5N2O. The predicted octanol–water partition coefficient (Wildman–Crippen LogP) is 7.12. The van der Waals surface area contributed by atoms with Gasteiger partial charge in [-0.1, -0.05) is 29.8 Å². The lowest BCUT2D eigenvalue weighted by atomic mass is 10.1. The number of pyridine rings is 1. The Morgan fingerprint density at radius 2 is 1.69 bits per heavy atom. The lowest BCUT2D eigenvalue weighted by molar-refractivity contribution is -0.137. The van der Waals surface area contributed by atoms with Crippen LogP contribution in [0.3, 0.4) is 0 Å². The van der Waals surface area contributed by atoms with Gasteiger partial charge in [-0.3, -0.25) is 9.20 Å². The normalized spacial score (nSPS) is 11.7. The quantitative estimate of drug-likeness (QED) is 0.254. The third kappa shape index (κ3) is 3.93. The van der Waals surface area contributed by atoms with E-state index in [-0.39, 0.29) is 27.6 Å². The third-order valence-corrected chi connectivity index (χ3v) is 5.16. The van der Waals surface area contributed by atoms with Crippen LogP contribution in [0, 0.1) is 18.6 Å². The molecule has 9 heteroatoms. The van der Waals surface area contributed by atoms with E-state index in [0.29, 0.717) is 5.56 Å². The Hall–Kier alpha value is -3.39. The van der Waals surface area contributed by atoms with Crippen molar-refractivity contribution in [3.8, 4) is 11.3 Å². The minimum Gasteiger partial charge on any atom is -0.322 e. The maximum absolute atomic E-state index is 13.8. The van der Waals surface area contributed by atoms with Crippen molar-refractivity contribution < 1.29 is 26.7 Å². The summed E-state index contributed by atoms with van der Waals surface area (Å²) in [5.74, 6) is -3.35. The maximum atomic E-state index is 13.8. The van der Waals surface area contributed by atoms with Crippen molar-refractivity contribution in [2.24, 2.45) is 0 Å². The molecule has 0 radical (unpaired) electrons. The molecule has 0 aliphatic carbocycles. The van der Waals surface area contributed by atoms with Crippen LogP contribution in [-0.4, -0.2) is 10.3 Å². The molecule has 2 aromatic heterocycles. The summed E-state index contributed by atoms with van der Waals surface area (Å²) in [7, 11) is 0. The number of carbonyl (C=O) groups is 1. The molecule has 1 amide bonds. The molecule has 0 saturated carbocycles. The topological polar surface area (TPSA) is 33.5 Å². The highest BCUT2D eigenvalue weighted by molar-refractivity contribution is 6.30. The Bertz CT molecular complexity index is 1340. The van der Waals surface area contributed by atoms with Crippen LogP contribution >= 0.6 is 11.6 Å². The summed E-state index contributed by atoms with van der Waals surface area (Å²) in [6, 6.07) is 12.9. The van der Waals surface area contributed by atoms with Gasteiger partial charge in [0.15, 0.2) is 11.6 Å². The second-order valence-electron chi connectivity index (χ2n) is 7.15. The number of carbonyl (C=O) groups excluding carboxylic acids is 1. The second-order valence-corrected chi connectivity index (χ2v) is 7.54. The van der Waals surface area contributed by atoms with Crippen molar-refractivity contribution in [1.29, 1.82) is 0 Å². The highest BCUT2D eigenvalue weighted by Gasteiger charge is 2.36. The molecule has 0 saturated heterocycles. The number of hydrogen-bond acceptors (Lipinski definition) is 1. The van der Waals surface area contributed by atoms with E-state index in [1.807, 2.05) is 0 Å². The largest absolute Gasteiger partial charge is 0.418 e. The smallest absolute Gasteiger partial charge is 0.322 e. The fourth-order valence-corrected chi connectivity index (χ4v) is 3.84. The van der Waals surface area contributed by atoms with Crippen LogP contribution in [0.25, 0.3) is 16.8 Å². The SMILES string of the molecule is Cc1cc(Cl)n2c(-c3ccc(NC(=O)c4cccc(F)c4F)cc3)c(C(F)(F)F)cc2c1. The molecule has 32 heavy (non-hydrogen) atoms. The van der Waals surface area contributed by atoms with Crippen molar-refractivity contribution in [3.63, 3.8) is 0 Å². The zero-order valence-electron chi connectivity index (χ0n) is 16.4. The van der Waals surface area contributed by atoms with E-state index < -0.39 is 34.8 Å². The average Bonchev–Trinajstić information content (AvgIpc) is 3.11. The lowest BCUT2D eigenvalue weighted by Crippen LogP contribution is -2.14. The number of anilines is 1. The molecule has 0 atom stereocenters. The van der Waals surface area contributed by atoms with Crippen LogP contribution in [-0.2, 0) is 6.18 Å². The van der Waals surface area contributed by atoms with Crippen LogP contribution < -0.4 is 5.32 Å². The van der Waals surface area contributed by atoms with Crippen LogP contribution in [0.1, 0.15) is 21.5 Å². The summed E-state index contributed by atoms with van der Waals surface area (Å²) in [5, 5.41) is 2.51. The minimum atomic E-state index is -4.62. The first kappa shape index (κ1) is 21.8. The van der Waals surface area contributed by atoms with E-state index in [1.165, 1.54) is 34.7 Å². The Morgan fingerprint density at radius 1 is 1.00 bits per heavy atom. The Labute approximate surface area is 184 Å². The number of nitrogens with zero attached hydrogens (tertiary/aromatic N) is 1. The number of hydrogen-bond donors (Lipinski definition) is 1. The zero-order chi connectivity index (χ0) is 23.2. The molecule has 0 spiro atoms. The van der Waals surface area contributed by atoms with E-state index in [2.05, 4.69) is 5.32 Å². The molecule has 0 aliphatic heterocycles. The maximum Gasteiger partial charge on any atom is 0.418 e. The van der Waals surface area contributed by atoms with Crippen molar-refractivity contribution in [1.82, 2.24) is 4.40 Å². The predicted molar refractivity (Wildman–Crippen MR) is 112 cm³/mol. The van der Waals surface area contributed by atoms with Gasteiger partial charge in [0.05, 0.1) is 16.8 Å². The number of benzene rings is 2. The van der Waals surface area contributed by atoms with Gasteiger partial charge in [-0.2, -0.15) is 13.2 Å². The van der Waals surface area contributed by atoms with Crippen molar-refractivity contribution in [3.05, 3.63) is 94.1 Å². The first-order valence-corrected chi connectivity index (χ1v) is 9.68. The van der Waals surface area contributed by atoms with E-state index in [9.17, 15) is 26.7 Å². The Kier molecular flexibility index (Phi) is 5.42. The van der Waals surface area contributed by atoms with Crippen LogP contribution in [0.4, 0.5) is 27.6 Å². The monoisotopic (exact) mass is 464 g/mol. The number of rotatable bonds is 3. The summed E-state index contributed by atoms with van der Waals surface area (Å²) in [5.41, 5.74) is -0.0978. The van der Waals surface area contributed by atoms with Gasteiger partial charge in [-0.15, -0.1) is 0 Å². The molecule has 0 bridgehead atoms. The fourth-order valence-electron chi connectivity index (χ4n) is 3.48. The third-order valence-electron chi connectivity index (χ3n) is 4.88. The molecule has 3 nitrogen and oxygen atoms in total. The number of alkyl halides is 3. The van der Waals surface area contributed by atoms with Crippen molar-refractivity contribution in [2.75, 3.05) is 5.32 Å². The summed E-state index contributed by atoms with van der Waals surface area (Å²) in [4.78, 5) is 12.2. The number of amides is 1. The lowest BCUT2D eigenvalue weighted by Gasteiger charge is -2.12. The number of aryl methyl sites for hydroxylation is 1. The second kappa shape index (κ2) is 7.94. The van der Waals surface area contributed by atoms with Gasteiger partial charge in [-0.05, 0) is 60.5 Å². The van der Waals surface area contributed by atoms with Gasteiger partial charge in [0.2, 0.25) is 0 Å². The fraction of sp³-hybridized carbons (Fsp3) is 0.0870. The van der Waals surface area contributed by atoms with Gasteiger partial charge in [-0.25, -0.2) is 8.78 Å². The first-order valence-electron chi connectivity index (χ1n) is 9.31. The standard InChI is InChI=1S/C23H14ClF5N2O/c1-12-9-15-11-17(23(27,28)29)21(31(15)19(24)10-12)13-5-7-14(8-6-13)30-22(32)16-3-2-4-18(25)20(16)26/h2-11H,1H3,(H,30,32). The van der Waals surface area contributed by atoms with Crippen LogP contribution in [0.2, 0.25) is 5.15 Å². The number of fused-ring (bicyclic) bond motifs is 1. The highest BCUT2D eigenvalue weighted by atomic mass is 35.5. The molecule has 0 aliphatic rings. The van der Waals surface area contributed by atoms with Crippen molar-refractivity contribution >= 4 is 28.7 Å². The Morgan fingerprint density at radius 3 is 2.34 bits per heavy atom. The number of nitrogens with one attached hydrogen (secondary N) is 1. The molecule has 0 unspecified atom stereocenters. The molecule has 0 fully saturated rings. The average molecular weight is 465 g/mol. The molecule has 4 aromatic rings. The van der Waals surface area contributed by atoms with E-state index >= 15 is 0 Å². The number of aromatic nitrogens is 1. The van der Waals surface area contributed by atoms with Gasteiger partial charge in [0, 0.05) is 11.2 Å². The summed E-state index contributed by atoms with van der Waals surface area (Å²) in [6.07, 6.45) is -4.62. The summed E-state index contributed by atoms with van der Waals surface area (Å²) in [6.45, 7) is 1.73. The minimum absolute atomic E-state index is 0.115. The van der Waals surface area contributed by atoms with Crippen molar-refractivity contribution in [2.45, 2.75) is 13.1 Å². The first-order chi connectivity index (χ1) is 15.1. The summed E-state index contributed by atoms with van der Waals surface area (Å²) >= 11 is 6.25. The molecular weight excluding hydrogens is 451 g/mol.